The van der Waals surface area contributed by atoms with Crippen molar-refractivity contribution in [3.05, 3.63) is 78.0 Å². The summed E-state index contributed by atoms with van der Waals surface area (Å²) in [7, 11) is 1.98. The maximum atomic E-state index is 10.6. The summed E-state index contributed by atoms with van der Waals surface area (Å²) in [6.07, 6.45) is 3.67. The summed E-state index contributed by atoms with van der Waals surface area (Å²) in [5.74, 6) is 0.881. The van der Waals surface area contributed by atoms with Gasteiger partial charge in [-0.25, -0.2) is 0 Å². The van der Waals surface area contributed by atoms with E-state index in [2.05, 4.69) is 5.48 Å². The fourth-order valence-corrected chi connectivity index (χ4v) is 4.11. The molecular formula is C20H22N2O2S. The summed E-state index contributed by atoms with van der Waals surface area (Å²) in [5.41, 5.74) is 5.14. The van der Waals surface area contributed by atoms with Crippen LogP contribution in [0.2, 0.25) is 0 Å². The van der Waals surface area contributed by atoms with Crippen molar-refractivity contribution in [1.29, 1.82) is 0 Å². The number of fused-ring (bicyclic) bond motifs is 1. The Morgan fingerprint density at radius 3 is 2.52 bits per heavy atom. The zero-order valence-electron chi connectivity index (χ0n) is 14.3. The van der Waals surface area contributed by atoms with E-state index in [9.17, 15) is 10.3 Å². The molecule has 0 saturated heterocycles. The molecule has 130 valence electrons. The molecule has 1 aromatic heterocycles. The maximum absolute atomic E-state index is 10.6. The molecule has 0 aliphatic rings. The zero-order valence-corrected chi connectivity index (χ0v) is 15.1. The minimum absolute atomic E-state index is 0.121. The second-order valence-electron chi connectivity index (χ2n) is 5.85. The highest BCUT2D eigenvalue weighted by atomic mass is 32.2. The van der Waals surface area contributed by atoms with Crippen LogP contribution in [0.15, 0.2) is 66.9 Å². The number of aromatic nitrogens is 1. The molecule has 3 aromatic rings. The van der Waals surface area contributed by atoms with Crippen LogP contribution in [0.4, 0.5) is 0 Å². The first kappa shape index (κ1) is 17.6. The quantitative estimate of drug-likeness (QED) is 0.342. The Morgan fingerprint density at radius 1 is 1.16 bits per heavy atom. The fourth-order valence-electron chi connectivity index (χ4n) is 3.07. The number of rotatable bonds is 6. The monoisotopic (exact) mass is 354 g/mol. The van der Waals surface area contributed by atoms with Crippen LogP contribution in [-0.2, 0) is 11.9 Å². The first-order valence-electron chi connectivity index (χ1n) is 8.18. The molecule has 2 aromatic carbocycles. The highest BCUT2D eigenvalue weighted by molar-refractivity contribution is 8.00. The lowest BCUT2D eigenvalue weighted by Gasteiger charge is -2.28. The Labute approximate surface area is 151 Å². The van der Waals surface area contributed by atoms with E-state index in [4.69, 9.17) is 0 Å². The summed E-state index contributed by atoms with van der Waals surface area (Å²) >= 11 is 1.52. The van der Waals surface area contributed by atoms with Crippen LogP contribution < -0.4 is 5.48 Å². The molecule has 0 radical (unpaired) electrons. The van der Waals surface area contributed by atoms with Crippen molar-refractivity contribution < 1.29 is 10.3 Å². The number of hydrogen-bond donors (Lipinski definition) is 3. The third-order valence-electron chi connectivity index (χ3n) is 4.24. The molecule has 0 aliphatic heterocycles. The van der Waals surface area contributed by atoms with Crippen molar-refractivity contribution in [2.45, 2.75) is 11.8 Å². The van der Waals surface area contributed by atoms with Gasteiger partial charge < -0.3 is 14.9 Å². The molecule has 0 aliphatic carbocycles. The van der Waals surface area contributed by atoms with E-state index >= 15 is 0 Å². The lowest BCUT2D eigenvalue weighted by Crippen LogP contribution is -2.35. The molecule has 3 rings (SSSR count). The third-order valence-corrected chi connectivity index (χ3v) is 5.42. The number of nitrogens with zero attached hydrogens (tertiary/aromatic N) is 1. The number of aryl methyl sites for hydroxylation is 1. The first-order chi connectivity index (χ1) is 12.1. The van der Waals surface area contributed by atoms with Gasteiger partial charge in [0.1, 0.15) is 10.6 Å². The summed E-state index contributed by atoms with van der Waals surface area (Å²) in [5, 5.41) is 21.8. The van der Waals surface area contributed by atoms with Gasteiger partial charge in [0.15, 0.2) is 0 Å². The molecule has 1 unspecified atom stereocenters. The van der Waals surface area contributed by atoms with Gasteiger partial charge in [-0.2, -0.15) is 5.48 Å². The van der Waals surface area contributed by atoms with Crippen molar-refractivity contribution in [1.82, 2.24) is 10.0 Å². The standard InChI is InChI=1S/C20H22N2O2S/c1-3-25-20(21-24,13-19(23)15-9-5-4-6-10-15)17-14-22(2)18-12-8-7-11-16(17)18/h4-14,21,23-24H,3H2,1-2H3/b19-13-. The van der Waals surface area contributed by atoms with Crippen molar-refractivity contribution in [3.63, 3.8) is 0 Å². The summed E-state index contributed by atoms with van der Waals surface area (Å²) in [4.78, 5) is -0.949. The number of nitrogens with one attached hydrogen (secondary N) is 1. The smallest absolute Gasteiger partial charge is 0.137 e. The van der Waals surface area contributed by atoms with Crippen molar-refractivity contribution in [2.75, 3.05) is 5.75 Å². The van der Waals surface area contributed by atoms with Gasteiger partial charge >= 0.3 is 0 Å². The Kier molecular flexibility index (Phi) is 5.18. The van der Waals surface area contributed by atoms with E-state index in [-0.39, 0.29) is 5.76 Å². The average molecular weight is 354 g/mol. The van der Waals surface area contributed by atoms with Crippen LogP contribution in [0.5, 0.6) is 0 Å². The van der Waals surface area contributed by atoms with Crippen LogP contribution in [0.1, 0.15) is 18.1 Å². The Morgan fingerprint density at radius 2 is 1.84 bits per heavy atom. The number of hydroxylamine groups is 1. The van der Waals surface area contributed by atoms with E-state index in [1.54, 1.807) is 6.08 Å². The lowest BCUT2D eigenvalue weighted by atomic mass is 10.0. The molecule has 0 amide bonds. The highest BCUT2D eigenvalue weighted by Crippen LogP contribution is 2.41. The second kappa shape index (κ2) is 7.35. The van der Waals surface area contributed by atoms with Crippen molar-refractivity contribution in [3.8, 4) is 0 Å². The third kappa shape index (κ3) is 3.31. The van der Waals surface area contributed by atoms with Crippen molar-refractivity contribution >= 4 is 28.4 Å². The number of para-hydroxylation sites is 1. The van der Waals surface area contributed by atoms with E-state index in [1.807, 2.05) is 79.3 Å². The van der Waals surface area contributed by atoms with Gasteiger partial charge in [-0.15, -0.1) is 11.8 Å². The van der Waals surface area contributed by atoms with Gasteiger partial charge in [0.2, 0.25) is 0 Å². The molecule has 25 heavy (non-hydrogen) atoms. The molecule has 5 heteroatoms. The molecule has 1 atom stereocenters. The molecule has 4 nitrogen and oxygen atoms in total. The Balaban J connectivity index is 2.19. The maximum Gasteiger partial charge on any atom is 0.137 e. The summed E-state index contributed by atoms with van der Waals surface area (Å²) in [6.45, 7) is 2.02. The van der Waals surface area contributed by atoms with Crippen LogP contribution in [0.3, 0.4) is 0 Å². The van der Waals surface area contributed by atoms with Crippen molar-refractivity contribution in [2.24, 2.45) is 7.05 Å². The van der Waals surface area contributed by atoms with Gasteiger partial charge in [0, 0.05) is 35.3 Å². The predicted octanol–water partition coefficient (Wildman–Crippen LogP) is 4.66. The van der Waals surface area contributed by atoms with Crippen LogP contribution in [-0.4, -0.2) is 20.6 Å². The molecular weight excluding hydrogens is 332 g/mol. The fraction of sp³-hybridized carbons (Fsp3) is 0.200. The van der Waals surface area contributed by atoms with Crippen LogP contribution >= 0.6 is 11.8 Å². The summed E-state index contributed by atoms with van der Waals surface area (Å²) < 4.78 is 2.03. The number of aliphatic hydroxyl groups is 1. The average Bonchev–Trinajstić information content (AvgIpc) is 2.99. The largest absolute Gasteiger partial charge is 0.508 e. The van der Waals surface area contributed by atoms with Gasteiger partial charge in [0.05, 0.1) is 0 Å². The van der Waals surface area contributed by atoms with Crippen LogP contribution in [0, 0.1) is 0 Å². The predicted molar refractivity (Wildman–Crippen MR) is 105 cm³/mol. The minimum atomic E-state index is -0.949. The van der Waals surface area contributed by atoms with E-state index in [0.29, 0.717) is 5.56 Å². The number of aliphatic hydroxyl groups excluding tert-OH is 1. The number of thioether (sulfide) groups is 1. The Hall–Kier alpha value is -2.21. The van der Waals surface area contributed by atoms with Gasteiger partial charge in [0.25, 0.3) is 0 Å². The SMILES string of the molecule is CCSC(/C=C(\O)c1ccccc1)(NO)c1cn(C)c2ccccc12. The summed E-state index contributed by atoms with van der Waals surface area (Å²) in [6, 6.07) is 17.4. The number of benzene rings is 2. The Bertz CT molecular complexity index is 889. The van der Waals surface area contributed by atoms with Gasteiger partial charge in [-0.1, -0.05) is 55.5 Å². The van der Waals surface area contributed by atoms with E-state index < -0.39 is 4.87 Å². The molecule has 3 N–H and O–H groups in total. The van der Waals surface area contributed by atoms with Gasteiger partial charge in [-0.05, 0) is 17.9 Å². The van der Waals surface area contributed by atoms with E-state index in [0.717, 1.165) is 22.2 Å². The number of hydrogen-bond acceptors (Lipinski definition) is 4. The minimum Gasteiger partial charge on any atom is -0.508 e. The lowest BCUT2D eigenvalue weighted by molar-refractivity contribution is 0.129. The topological polar surface area (TPSA) is 57.4 Å². The molecule has 0 spiro atoms. The normalized spacial score (nSPS) is 14.6. The second-order valence-corrected chi connectivity index (χ2v) is 7.36. The molecule has 0 bridgehead atoms. The van der Waals surface area contributed by atoms with Crippen LogP contribution in [0.25, 0.3) is 16.7 Å². The molecule has 0 fully saturated rings. The van der Waals surface area contributed by atoms with Gasteiger partial charge in [-0.3, -0.25) is 0 Å². The molecule has 0 saturated carbocycles. The molecule has 1 heterocycles. The van der Waals surface area contributed by atoms with E-state index in [1.165, 1.54) is 11.8 Å². The first-order valence-corrected chi connectivity index (χ1v) is 9.17. The zero-order chi connectivity index (χ0) is 17.9. The highest BCUT2D eigenvalue weighted by Gasteiger charge is 2.33.